The van der Waals surface area contributed by atoms with Crippen LogP contribution in [0.5, 0.6) is 5.75 Å². The van der Waals surface area contributed by atoms with E-state index in [0.29, 0.717) is 10.9 Å². The largest absolute Gasteiger partial charge is 2.00 e. The fourth-order valence-corrected chi connectivity index (χ4v) is 3.45. The number of carbonyl (C=O) groups is 1. The van der Waals surface area contributed by atoms with Gasteiger partial charge in [-0.1, -0.05) is 41.6 Å². The summed E-state index contributed by atoms with van der Waals surface area (Å²) in [6.45, 7) is 1.55. The van der Waals surface area contributed by atoms with E-state index in [1.165, 1.54) is 18.2 Å². The van der Waals surface area contributed by atoms with Crippen molar-refractivity contribution in [1.82, 2.24) is 0 Å². The van der Waals surface area contributed by atoms with Gasteiger partial charge in [0.15, 0.2) is 0 Å². The molecule has 11 heteroatoms. The summed E-state index contributed by atoms with van der Waals surface area (Å²) in [7, 11) is -4.61. The van der Waals surface area contributed by atoms with Crippen molar-refractivity contribution in [3.63, 3.8) is 0 Å². The number of benzene rings is 3. The second kappa shape index (κ2) is 9.09. The number of carbonyl (C=O) groups excluding carboxylic acids is 1. The van der Waals surface area contributed by atoms with Crippen LogP contribution < -0.4 is 10.2 Å². The van der Waals surface area contributed by atoms with Crippen LogP contribution in [0.3, 0.4) is 0 Å². The third-order valence-corrected chi connectivity index (χ3v) is 5.27. The molecule has 3 rings (SSSR count). The van der Waals surface area contributed by atoms with Crippen LogP contribution in [0.2, 0.25) is 5.02 Å². The van der Waals surface area contributed by atoms with Crippen LogP contribution in [0.4, 0.5) is 11.4 Å². The number of carboxylic acids is 1. The van der Waals surface area contributed by atoms with E-state index in [1.807, 2.05) is 0 Å². The molecule has 0 saturated carbocycles. The first-order valence-corrected chi connectivity index (χ1v) is 9.55. The molecular weight excluding hydrogens is 495 g/mol. The number of azo groups is 1. The van der Waals surface area contributed by atoms with Crippen molar-refractivity contribution < 1.29 is 28.0 Å². The topological polar surface area (TPSA) is 142 Å². The monoisotopic (exact) mass is 506 g/mol. The molecule has 0 aliphatic heterocycles. The summed E-state index contributed by atoms with van der Waals surface area (Å²) in [6.07, 6.45) is 0. The molecule has 0 fully saturated rings. The molecule has 144 valence electrons. The zero-order chi connectivity index (χ0) is 20.6. The molecule has 0 aliphatic rings. The van der Waals surface area contributed by atoms with Crippen molar-refractivity contribution in [3.05, 3.63) is 58.6 Å². The average molecular weight is 506 g/mol. The summed E-state index contributed by atoms with van der Waals surface area (Å²) in [4.78, 5) is 10.7. The summed E-state index contributed by atoms with van der Waals surface area (Å²) >= 11 is 5.99. The Labute approximate surface area is 207 Å². The number of aromatic carboxylic acids is 1. The number of nitrogens with zero attached hydrogens (tertiary/aromatic N) is 2. The molecule has 3 aromatic carbocycles. The van der Waals surface area contributed by atoms with Crippen molar-refractivity contribution in [1.29, 1.82) is 0 Å². The maximum Gasteiger partial charge on any atom is 2.00 e. The van der Waals surface area contributed by atoms with Crippen LogP contribution in [-0.2, 0) is 10.1 Å². The van der Waals surface area contributed by atoms with E-state index in [-0.39, 0.29) is 67.3 Å². The van der Waals surface area contributed by atoms with Gasteiger partial charge in [-0.2, -0.15) is 8.42 Å². The maximum absolute atomic E-state index is 12.2. The van der Waals surface area contributed by atoms with Crippen LogP contribution in [0.1, 0.15) is 15.9 Å². The van der Waals surface area contributed by atoms with Gasteiger partial charge >= 0.3 is 45.5 Å². The van der Waals surface area contributed by atoms with Gasteiger partial charge in [0.25, 0.3) is 10.1 Å². The number of aryl methyl sites for hydroxylation is 1. The minimum atomic E-state index is -4.61. The fraction of sp³-hybridized carbons (Fsp3) is 0.0556. The Morgan fingerprint density at radius 1 is 1.07 bits per heavy atom. The van der Waals surface area contributed by atoms with Crippen LogP contribution in [0, 0.1) is 6.92 Å². The van der Waals surface area contributed by atoms with Crippen LogP contribution >= 0.6 is 11.6 Å². The summed E-state index contributed by atoms with van der Waals surface area (Å²) in [5.41, 5.74) is -0.450. The molecule has 1 N–H and O–H groups in total. The van der Waals surface area contributed by atoms with Gasteiger partial charge in [-0.15, -0.1) is 10.2 Å². The van der Waals surface area contributed by atoms with E-state index in [1.54, 1.807) is 19.1 Å². The Morgan fingerprint density at radius 3 is 2.24 bits per heavy atom. The molecule has 0 aromatic heterocycles. The molecule has 0 unspecified atom stereocenters. The third kappa shape index (κ3) is 4.97. The number of fused-ring (bicyclic) bond motifs is 1. The number of hydrogen-bond donors (Lipinski definition) is 1. The summed E-state index contributed by atoms with van der Waals surface area (Å²) < 4.78 is 32.6. The van der Waals surface area contributed by atoms with Gasteiger partial charge in [0, 0.05) is 10.4 Å². The van der Waals surface area contributed by atoms with E-state index in [4.69, 9.17) is 11.6 Å². The minimum absolute atomic E-state index is 0. The van der Waals surface area contributed by atoms with E-state index < -0.39 is 32.3 Å². The first kappa shape index (κ1) is 23.7. The minimum Gasteiger partial charge on any atom is -0.872 e. The van der Waals surface area contributed by atoms with Gasteiger partial charge in [0.1, 0.15) is 10.6 Å². The quantitative estimate of drug-likeness (QED) is 0.327. The van der Waals surface area contributed by atoms with Crippen molar-refractivity contribution >= 4 is 95.3 Å². The van der Waals surface area contributed by atoms with Gasteiger partial charge in [0.2, 0.25) is 0 Å². The molecular formula is C18H11ClN2O6SSr. The summed E-state index contributed by atoms with van der Waals surface area (Å²) in [6, 6.07) is 9.47. The Bertz CT molecular complexity index is 1260. The van der Waals surface area contributed by atoms with E-state index >= 15 is 0 Å². The first-order chi connectivity index (χ1) is 13.1. The summed E-state index contributed by atoms with van der Waals surface area (Å²) in [5, 5.41) is 31.8. The van der Waals surface area contributed by atoms with Crippen molar-refractivity contribution in [2.24, 2.45) is 10.2 Å². The zero-order valence-corrected chi connectivity index (χ0v) is 20.0. The van der Waals surface area contributed by atoms with Crippen LogP contribution in [0.25, 0.3) is 10.8 Å². The molecule has 29 heavy (non-hydrogen) atoms. The number of halogens is 1. The van der Waals surface area contributed by atoms with Gasteiger partial charge in [-0.3, -0.25) is 4.55 Å². The van der Waals surface area contributed by atoms with Crippen molar-refractivity contribution in [2.75, 3.05) is 0 Å². The zero-order valence-electron chi connectivity index (χ0n) is 14.9. The van der Waals surface area contributed by atoms with E-state index in [2.05, 4.69) is 10.2 Å². The van der Waals surface area contributed by atoms with Gasteiger partial charge in [-0.05, 0) is 41.6 Å². The number of carboxylic acid groups (broad SMARTS) is 1. The van der Waals surface area contributed by atoms with Crippen LogP contribution in [-0.4, -0.2) is 64.4 Å². The predicted molar refractivity (Wildman–Crippen MR) is 104 cm³/mol. The molecule has 0 spiro atoms. The molecule has 0 radical (unpaired) electrons. The van der Waals surface area contributed by atoms with Crippen molar-refractivity contribution in [2.45, 2.75) is 11.8 Å². The SMILES string of the molecule is Cc1cc(S(=O)(=O)O)c(N=Nc2cc(C(=O)[O-])c([O-])c3ccccc23)cc1Cl.[Sr+2]. The molecule has 8 nitrogen and oxygen atoms in total. The Balaban J connectivity index is 0.00000300. The normalized spacial score (nSPS) is 11.6. The molecule has 0 heterocycles. The van der Waals surface area contributed by atoms with Gasteiger partial charge < -0.3 is 15.0 Å². The fourth-order valence-electron chi connectivity index (χ4n) is 2.60. The second-order valence-electron chi connectivity index (χ2n) is 5.85. The second-order valence-corrected chi connectivity index (χ2v) is 7.65. The molecule has 0 amide bonds. The molecule has 0 aliphatic carbocycles. The Hall–Kier alpha value is -1.53. The van der Waals surface area contributed by atoms with E-state index in [0.717, 1.165) is 12.1 Å². The van der Waals surface area contributed by atoms with Gasteiger partial charge in [-0.25, -0.2) is 0 Å². The molecule has 3 aromatic rings. The number of rotatable bonds is 4. The summed E-state index contributed by atoms with van der Waals surface area (Å²) in [5.74, 6) is -2.41. The van der Waals surface area contributed by atoms with Crippen LogP contribution in [0.15, 0.2) is 57.6 Å². The van der Waals surface area contributed by atoms with Gasteiger partial charge in [0.05, 0.1) is 11.7 Å². The predicted octanol–water partition coefficient (Wildman–Crippen LogP) is 2.52. The molecule has 0 saturated heterocycles. The Morgan fingerprint density at radius 2 is 1.66 bits per heavy atom. The maximum atomic E-state index is 12.2. The standard InChI is InChI=1S/C18H13ClN2O6S.Sr/c1-9-6-16(28(25,26)27)15(8-13(9)19)21-20-14-7-12(18(23)24)17(22)11-5-3-2-4-10(11)14;/h2-8,22H,1H3,(H,23,24)(H,25,26,27);/q;+2/p-2. The smallest absolute Gasteiger partial charge is 0.872 e. The van der Waals surface area contributed by atoms with Crippen molar-refractivity contribution in [3.8, 4) is 5.75 Å². The van der Waals surface area contributed by atoms with E-state index in [9.17, 15) is 28.0 Å². The third-order valence-electron chi connectivity index (χ3n) is 3.98. The molecule has 0 bridgehead atoms. The molecule has 0 atom stereocenters. The first-order valence-electron chi connectivity index (χ1n) is 7.73. The number of hydrogen-bond acceptors (Lipinski definition) is 7. The average Bonchev–Trinajstić information content (AvgIpc) is 2.62. The Kier molecular flexibility index (Phi) is 7.44.